The highest BCUT2D eigenvalue weighted by Gasteiger charge is 2.25. The van der Waals surface area contributed by atoms with E-state index in [1.807, 2.05) is 11.9 Å². The van der Waals surface area contributed by atoms with Gasteiger partial charge in [-0.05, 0) is 51.1 Å². The average molecular weight is 310 g/mol. The fourth-order valence-corrected chi connectivity index (χ4v) is 3.81. The number of likely N-dealkylation sites (tertiary alicyclic amines) is 1. The second-order valence-corrected chi connectivity index (χ2v) is 6.97. The van der Waals surface area contributed by atoms with E-state index < -0.39 is 5.97 Å². The van der Waals surface area contributed by atoms with Crippen molar-refractivity contribution in [2.75, 3.05) is 26.7 Å². The lowest BCUT2D eigenvalue weighted by molar-refractivity contribution is -0.138. The Morgan fingerprint density at radius 2 is 1.77 bits per heavy atom. The van der Waals surface area contributed by atoms with E-state index in [1.165, 1.54) is 19.3 Å². The monoisotopic (exact) mass is 310 g/mol. The predicted molar refractivity (Wildman–Crippen MR) is 85.7 cm³/mol. The Morgan fingerprint density at radius 3 is 2.45 bits per heavy atom. The summed E-state index contributed by atoms with van der Waals surface area (Å²) >= 11 is 0. The molecule has 0 bridgehead atoms. The van der Waals surface area contributed by atoms with Crippen molar-refractivity contribution < 1.29 is 14.7 Å². The van der Waals surface area contributed by atoms with E-state index in [1.54, 1.807) is 0 Å². The summed E-state index contributed by atoms with van der Waals surface area (Å²) in [5, 5.41) is 8.91. The number of carboxylic acids is 1. The number of hydrogen-bond donors (Lipinski definition) is 1. The maximum atomic E-state index is 12.5. The van der Waals surface area contributed by atoms with Gasteiger partial charge in [0.1, 0.15) is 0 Å². The van der Waals surface area contributed by atoms with Gasteiger partial charge in [-0.1, -0.05) is 19.3 Å². The Morgan fingerprint density at radius 1 is 1.05 bits per heavy atom. The largest absolute Gasteiger partial charge is 0.481 e. The van der Waals surface area contributed by atoms with Gasteiger partial charge in [0.2, 0.25) is 5.91 Å². The van der Waals surface area contributed by atoms with Crippen LogP contribution in [0.5, 0.6) is 0 Å². The fraction of sp³-hybridized carbons (Fsp3) is 0.882. The average Bonchev–Trinajstić information content (AvgIpc) is 2.72. The molecule has 1 aliphatic carbocycles. The van der Waals surface area contributed by atoms with Gasteiger partial charge in [0.05, 0.1) is 6.54 Å². The van der Waals surface area contributed by atoms with Crippen molar-refractivity contribution in [2.24, 2.45) is 5.92 Å². The highest BCUT2D eigenvalue weighted by Crippen LogP contribution is 2.23. The van der Waals surface area contributed by atoms with Crippen LogP contribution >= 0.6 is 0 Å². The number of amides is 1. The van der Waals surface area contributed by atoms with Gasteiger partial charge in [-0.2, -0.15) is 0 Å². The number of carboxylic acid groups (broad SMARTS) is 1. The van der Waals surface area contributed by atoms with Crippen molar-refractivity contribution in [2.45, 2.75) is 63.8 Å². The molecular weight excluding hydrogens is 280 g/mol. The van der Waals surface area contributed by atoms with Crippen LogP contribution in [0.2, 0.25) is 0 Å². The second kappa shape index (κ2) is 8.51. The van der Waals surface area contributed by atoms with Gasteiger partial charge in [0.15, 0.2) is 0 Å². The Bertz CT molecular complexity index is 380. The highest BCUT2D eigenvalue weighted by atomic mass is 16.4. The first kappa shape index (κ1) is 17.3. The molecule has 2 fully saturated rings. The van der Waals surface area contributed by atoms with E-state index in [2.05, 4.69) is 4.90 Å². The van der Waals surface area contributed by atoms with Crippen LogP contribution in [0.3, 0.4) is 0 Å². The minimum absolute atomic E-state index is 0.226. The number of likely N-dealkylation sites (N-methyl/N-ethyl adjacent to an activating group) is 1. The summed E-state index contributed by atoms with van der Waals surface area (Å²) in [4.78, 5) is 27.5. The first-order chi connectivity index (χ1) is 10.6. The van der Waals surface area contributed by atoms with Crippen LogP contribution in [0.4, 0.5) is 0 Å². The van der Waals surface area contributed by atoms with Crippen LogP contribution < -0.4 is 0 Å². The van der Waals surface area contributed by atoms with Gasteiger partial charge < -0.3 is 10.0 Å². The van der Waals surface area contributed by atoms with Crippen molar-refractivity contribution in [3.8, 4) is 0 Å². The Balaban J connectivity index is 1.77. The zero-order valence-electron chi connectivity index (χ0n) is 13.8. The number of rotatable bonds is 5. The molecule has 0 aromatic rings. The summed E-state index contributed by atoms with van der Waals surface area (Å²) in [6.45, 7) is 2.26. The number of aliphatic carboxylic acids is 1. The van der Waals surface area contributed by atoms with E-state index >= 15 is 0 Å². The smallest absolute Gasteiger partial charge is 0.303 e. The van der Waals surface area contributed by atoms with E-state index in [4.69, 9.17) is 5.11 Å². The van der Waals surface area contributed by atoms with Crippen LogP contribution in [0, 0.1) is 5.92 Å². The first-order valence-corrected chi connectivity index (χ1v) is 8.76. The van der Waals surface area contributed by atoms with Crippen molar-refractivity contribution in [3.63, 3.8) is 0 Å². The molecule has 1 aliphatic heterocycles. The molecule has 1 saturated heterocycles. The highest BCUT2D eigenvalue weighted by molar-refractivity contribution is 5.78. The van der Waals surface area contributed by atoms with Crippen LogP contribution in [0.25, 0.3) is 0 Å². The molecule has 1 unspecified atom stereocenters. The van der Waals surface area contributed by atoms with Gasteiger partial charge >= 0.3 is 5.97 Å². The van der Waals surface area contributed by atoms with Crippen LogP contribution in [0.1, 0.15) is 57.8 Å². The summed E-state index contributed by atoms with van der Waals surface area (Å²) in [6.07, 6.45) is 9.19. The topological polar surface area (TPSA) is 60.9 Å². The number of hydrogen-bond acceptors (Lipinski definition) is 3. The normalized spacial score (nSPS) is 24.7. The molecule has 2 rings (SSSR count). The van der Waals surface area contributed by atoms with Gasteiger partial charge in [0.25, 0.3) is 0 Å². The number of carbonyl (C=O) groups excluding carboxylic acids is 1. The van der Waals surface area contributed by atoms with Crippen LogP contribution in [-0.2, 0) is 9.59 Å². The molecule has 1 atom stereocenters. The standard InChI is InChI=1S/C17H30N2O3/c1-18(15-7-3-2-4-8-15)16(20)13-19-10-5-6-14(9-11-19)12-17(21)22/h14-15H,2-13H2,1H3,(H,21,22). The van der Waals surface area contributed by atoms with Crippen molar-refractivity contribution in [1.29, 1.82) is 0 Å². The van der Waals surface area contributed by atoms with Gasteiger partial charge in [-0.25, -0.2) is 0 Å². The predicted octanol–water partition coefficient (Wildman–Crippen LogP) is 2.35. The minimum Gasteiger partial charge on any atom is -0.481 e. The molecule has 2 aliphatic rings. The summed E-state index contributed by atoms with van der Waals surface area (Å²) in [5.41, 5.74) is 0. The maximum absolute atomic E-state index is 12.5. The Labute approximate surface area is 133 Å². The molecule has 0 radical (unpaired) electrons. The van der Waals surface area contributed by atoms with E-state index in [-0.39, 0.29) is 18.2 Å². The van der Waals surface area contributed by atoms with Gasteiger partial charge in [-0.15, -0.1) is 0 Å². The SMILES string of the molecule is CN(C(=O)CN1CCCC(CC(=O)O)CC1)C1CCCCC1. The Hall–Kier alpha value is -1.10. The summed E-state index contributed by atoms with van der Waals surface area (Å²) < 4.78 is 0. The molecular formula is C17H30N2O3. The third-order valence-corrected chi connectivity index (χ3v) is 5.28. The van der Waals surface area contributed by atoms with Crippen molar-refractivity contribution in [1.82, 2.24) is 9.80 Å². The van der Waals surface area contributed by atoms with Gasteiger partial charge in [0, 0.05) is 19.5 Å². The third-order valence-electron chi connectivity index (χ3n) is 5.28. The lowest BCUT2D eigenvalue weighted by atomic mass is 9.94. The van der Waals surface area contributed by atoms with Crippen molar-refractivity contribution >= 4 is 11.9 Å². The summed E-state index contributed by atoms with van der Waals surface area (Å²) in [5.74, 6) is -0.205. The third kappa shape index (κ3) is 5.27. The minimum atomic E-state index is -0.702. The summed E-state index contributed by atoms with van der Waals surface area (Å²) in [7, 11) is 1.95. The molecule has 5 nitrogen and oxygen atoms in total. The second-order valence-electron chi connectivity index (χ2n) is 6.97. The van der Waals surface area contributed by atoms with E-state index in [0.29, 0.717) is 12.6 Å². The molecule has 1 amide bonds. The number of carbonyl (C=O) groups is 2. The van der Waals surface area contributed by atoms with Crippen LogP contribution in [-0.4, -0.2) is 59.5 Å². The molecule has 1 heterocycles. The Kier molecular flexibility index (Phi) is 6.68. The molecule has 5 heteroatoms. The molecule has 0 aromatic heterocycles. The molecule has 0 spiro atoms. The molecule has 0 aromatic carbocycles. The van der Waals surface area contributed by atoms with Gasteiger partial charge in [-0.3, -0.25) is 14.5 Å². The lowest BCUT2D eigenvalue weighted by Gasteiger charge is -2.33. The zero-order valence-corrected chi connectivity index (χ0v) is 13.8. The number of nitrogens with zero attached hydrogens (tertiary/aromatic N) is 2. The van der Waals surface area contributed by atoms with E-state index in [9.17, 15) is 9.59 Å². The first-order valence-electron chi connectivity index (χ1n) is 8.76. The molecule has 22 heavy (non-hydrogen) atoms. The molecule has 1 N–H and O–H groups in total. The zero-order chi connectivity index (χ0) is 15.9. The maximum Gasteiger partial charge on any atom is 0.303 e. The quantitative estimate of drug-likeness (QED) is 0.847. The fourth-order valence-electron chi connectivity index (χ4n) is 3.81. The van der Waals surface area contributed by atoms with Crippen LogP contribution in [0.15, 0.2) is 0 Å². The van der Waals surface area contributed by atoms with Crippen molar-refractivity contribution in [3.05, 3.63) is 0 Å². The van der Waals surface area contributed by atoms with E-state index in [0.717, 1.165) is 45.2 Å². The molecule has 1 saturated carbocycles. The molecule has 126 valence electrons. The summed E-state index contributed by atoms with van der Waals surface area (Å²) in [6, 6.07) is 0.424. The lowest BCUT2D eigenvalue weighted by Crippen LogP contribution is -2.44.